The van der Waals surface area contributed by atoms with Gasteiger partial charge in [-0.05, 0) is 30.0 Å². The molecule has 0 spiro atoms. The normalized spacial score (nSPS) is 24.8. The molecule has 2 fully saturated rings. The maximum absolute atomic E-state index is 13.2. The Morgan fingerprint density at radius 1 is 1.31 bits per heavy atom. The van der Waals surface area contributed by atoms with Gasteiger partial charge in [0.25, 0.3) is 0 Å². The quantitative estimate of drug-likeness (QED) is 0.362. The zero-order chi connectivity index (χ0) is 25.4. The number of nitrogens with zero attached hydrogens (tertiary/aromatic N) is 4. The molecule has 1 aliphatic heterocycles. The molecule has 36 heavy (non-hydrogen) atoms. The van der Waals surface area contributed by atoms with Gasteiger partial charge in [0.05, 0.1) is 19.2 Å². The number of pyridine rings is 1. The number of carboxylic acid groups (broad SMARTS) is 1. The van der Waals surface area contributed by atoms with Crippen LogP contribution in [0.2, 0.25) is 0 Å². The lowest BCUT2D eigenvalue weighted by atomic mass is 10.1. The van der Waals surface area contributed by atoms with E-state index in [1.54, 1.807) is 24.4 Å². The number of methoxy groups -OCH3 is 1. The SMILES string of the molecule is C=C[C@@H]1C[C@]1(NC(=O)[C@@H]1C[C@@H](Oc2nc(-c3ccccn3)nc3ccsc23)CN1C(=O)O)C(=O)OC. The molecule has 2 N–H and O–H groups in total. The second kappa shape index (κ2) is 9.19. The van der Waals surface area contributed by atoms with Crippen LogP contribution in [0.25, 0.3) is 21.7 Å². The third-order valence-corrected chi connectivity index (χ3v) is 7.34. The van der Waals surface area contributed by atoms with Crippen LogP contribution in [0.5, 0.6) is 5.88 Å². The molecule has 4 atom stereocenters. The van der Waals surface area contributed by atoms with Gasteiger partial charge in [-0.3, -0.25) is 14.7 Å². The minimum Gasteiger partial charge on any atom is -0.471 e. The van der Waals surface area contributed by atoms with Crippen molar-refractivity contribution in [3.8, 4) is 17.4 Å². The van der Waals surface area contributed by atoms with E-state index in [9.17, 15) is 19.5 Å². The number of rotatable bonds is 7. The van der Waals surface area contributed by atoms with E-state index in [-0.39, 0.29) is 18.9 Å². The highest BCUT2D eigenvalue weighted by Crippen LogP contribution is 2.45. The zero-order valence-corrected chi connectivity index (χ0v) is 20.1. The molecule has 0 unspecified atom stereocenters. The number of nitrogens with one attached hydrogen (secondary N) is 1. The molecule has 1 aliphatic carbocycles. The lowest BCUT2D eigenvalue weighted by Crippen LogP contribution is -2.53. The third-order valence-electron chi connectivity index (χ3n) is 6.45. The smallest absolute Gasteiger partial charge is 0.408 e. The summed E-state index contributed by atoms with van der Waals surface area (Å²) in [6.45, 7) is 3.65. The molecule has 2 amide bonds. The Hall–Kier alpha value is -4.06. The Bertz CT molecular complexity index is 1350. The molecule has 3 aromatic heterocycles. The van der Waals surface area contributed by atoms with Gasteiger partial charge in [0.15, 0.2) is 5.82 Å². The van der Waals surface area contributed by atoms with Crippen molar-refractivity contribution < 1.29 is 29.0 Å². The minimum atomic E-state index is -1.26. The van der Waals surface area contributed by atoms with Crippen molar-refractivity contribution in [1.29, 1.82) is 0 Å². The van der Waals surface area contributed by atoms with Crippen molar-refractivity contribution in [2.45, 2.75) is 30.5 Å². The summed E-state index contributed by atoms with van der Waals surface area (Å²) in [6.07, 6.45) is 1.75. The van der Waals surface area contributed by atoms with E-state index in [1.807, 2.05) is 17.5 Å². The summed E-state index contributed by atoms with van der Waals surface area (Å²) in [4.78, 5) is 51.9. The summed E-state index contributed by atoms with van der Waals surface area (Å²) in [6, 6.07) is 6.19. The summed E-state index contributed by atoms with van der Waals surface area (Å²) in [7, 11) is 1.24. The Morgan fingerprint density at radius 3 is 2.81 bits per heavy atom. The third kappa shape index (κ3) is 4.13. The Morgan fingerprint density at radius 2 is 2.14 bits per heavy atom. The van der Waals surface area contributed by atoms with Crippen molar-refractivity contribution in [3.63, 3.8) is 0 Å². The highest BCUT2D eigenvalue weighted by atomic mass is 32.1. The minimum absolute atomic E-state index is 0.0423. The van der Waals surface area contributed by atoms with E-state index in [2.05, 4.69) is 26.8 Å². The van der Waals surface area contributed by atoms with Crippen molar-refractivity contribution >= 4 is 39.5 Å². The molecule has 5 rings (SSSR count). The van der Waals surface area contributed by atoms with E-state index in [0.717, 1.165) is 4.90 Å². The fourth-order valence-corrected chi connectivity index (χ4v) is 5.28. The lowest BCUT2D eigenvalue weighted by Gasteiger charge is -2.23. The van der Waals surface area contributed by atoms with Gasteiger partial charge < -0.3 is 19.9 Å². The highest BCUT2D eigenvalue weighted by Gasteiger charge is 2.61. The molecule has 4 heterocycles. The Labute approximate surface area is 209 Å². The van der Waals surface area contributed by atoms with Crippen LogP contribution >= 0.6 is 11.3 Å². The van der Waals surface area contributed by atoms with Gasteiger partial charge in [-0.2, -0.15) is 4.98 Å². The molecule has 0 bridgehead atoms. The van der Waals surface area contributed by atoms with E-state index in [0.29, 0.717) is 34.0 Å². The number of fused-ring (bicyclic) bond motifs is 1. The van der Waals surface area contributed by atoms with Crippen LogP contribution in [0.1, 0.15) is 12.8 Å². The number of thiophene rings is 1. The van der Waals surface area contributed by atoms with Gasteiger partial charge in [-0.25, -0.2) is 14.6 Å². The number of esters is 1. The van der Waals surface area contributed by atoms with Gasteiger partial charge in [0, 0.05) is 18.5 Å². The molecule has 12 heteroatoms. The van der Waals surface area contributed by atoms with E-state index < -0.39 is 35.7 Å². The Balaban J connectivity index is 1.38. The van der Waals surface area contributed by atoms with Crippen LogP contribution in [0.3, 0.4) is 0 Å². The first-order valence-corrected chi connectivity index (χ1v) is 12.1. The van der Waals surface area contributed by atoms with E-state index in [4.69, 9.17) is 9.47 Å². The predicted octanol–water partition coefficient (Wildman–Crippen LogP) is 2.49. The van der Waals surface area contributed by atoms with Crippen LogP contribution in [-0.2, 0) is 14.3 Å². The average molecular weight is 510 g/mol. The summed E-state index contributed by atoms with van der Waals surface area (Å²) >= 11 is 1.40. The van der Waals surface area contributed by atoms with E-state index in [1.165, 1.54) is 18.4 Å². The summed E-state index contributed by atoms with van der Waals surface area (Å²) < 4.78 is 11.7. The second-order valence-electron chi connectivity index (χ2n) is 8.63. The first kappa shape index (κ1) is 23.7. The monoisotopic (exact) mass is 509 g/mol. The topological polar surface area (TPSA) is 144 Å². The maximum Gasteiger partial charge on any atom is 0.408 e. The summed E-state index contributed by atoms with van der Waals surface area (Å²) in [5, 5.41) is 14.3. The van der Waals surface area contributed by atoms with Gasteiger partial charge in [0.2, 0.25) is 11.8 Å². The molecule has 11 nitrogen and oxygen atoms in total. The number of ether oxygens (including phenoxy) is 2. The standard InChI is InChI=1S/C24H23N5O6S/c1-3-13-11-24(13,22(31)34-2)28-20(30)17-10-14(12-29(17)23(32)33)35-21-18-15(7-9-36-18)26-19(27-21)16-6-4-5-8-25-16/h3-9,13-14,17H,1,10-12H2,2H3,(H,28,30)(H,32,33)/t13-,14-,17+,24-/m1/s1. The molecular weight excluding hydrogens is 486 g/mol. The number of carbonyl (C=O) groups is 3. The number of likely N-dealkylation sites (tertiary alicyclic amines) is 1. The number of hydrogen-bond acceptors (Lipinski definition) is 9. The molecular formula is C24H23N5O6S. The largest absolute Gasteiger partial charge is 0.471 e. The predicted molar refractivity (Wildman–Crippen MR) is 129 cm³/mol. The van der Waals surface area contributed by atoms with Crippen molar-refractivity contribution in [3.05, 3.63) is 48.5 Å². The second-order valence-corrected chi connectivity index (χ2v) is 9.54. The van der Waals surface area contributed by atoms with E-state index >= 15 is 0 Å². The van der Waals surface area contributed by atoms with Crippen molar-refractivity contribution in [2.75, 3.05) is 13.7 Å². The summed E-state index contributed by atoms with van der Waals surface area (Å²) in [5.41, 5.74) is 0.0298. The van der Waals surface area contributed by atoms with Crippen molar-refractivity contribution in [2.24, 2.45) is 5.92 Å². The number of hydrogen-bond donors (Lipinski definition) is 2. The molecule has 1 saturated carbocycles. The maximum atomic E-state index is 13.2. The number of carbonyl (C=O) groups excluding carboxylic acids is 2. The molecule has 3 aromatic rings. The molecule has 2 aliphatic rings. The molecule has 186 valence electrons. The fraction of sp³-hybridized carbons (Fsp3) is 0.333. The lowest BCUT2D eigenvalue weighted by molar-refractivity contribution is -0.147. The number of amides is 2. The van der Waals surface area contributed by atoms with Gasteiger partial charge in [-0.1, -0.05) is 12.1 Å². The Kier molecular flexibility index (Phi) is 6.04. The number of aromatic nitrogens is 3. The van der Waals surface area contributed by atoms with Gasteiger partial charge in [0.1, 0.15) is 28.1 Å². The molecule has 0 aromatic carbocycles. The average Bonchev–Trinajstić information content (AvgIpc) is 3.20. The first-order chi connectivity index (χ1) is 17.4. The van der Waals surface area contributed by atoms with Crippen LogP contribution in [0.15, 0.2) is 48.5 Å². The van der Waals surface area contributed by atoms with Gasteiger partial charge in [-0.15, -0.1) is 17.9 Å². The van der Waals surface area contributed by atoms with Crippen molar-refractivity contribution in [1.82, 2.24) is 25.2 Å². The van der Waals surface area contributed by atoms with Crippen LogP contribution in [-0.4, -0.2) is 74.3 Å². The zero-order valence-electron chi connectivity index (χ0n) is 19.3. The molecule has 0 radical (unpaired) electrons. The summed E-state index contributed by atoms with van der Waals surface area (Å²) in [5.74, 6) is -0.776. The van der Waals surface area contributed by atoms with Gasteiger partial charge >= 0.3 is 12.1 Å². The van der Waals surface area contributed by atoms with Crippen LogP contribution in [0, 0.1) is 5.92 Å². The highest BCUT2D eigenvalue weighted by molar-refractivity contribution is 7.17. The first-order valence-electron chi connectivity index (χ1n) is 11.2. The van der Waals surface area contributed by atoms with Crippen LogP contribution < -0.4 is 10.1 Å². The molecule has 1 saturated heterocycles. The van der Waals surface area contributed by atoms with Crippen LogP contribution in [0.4, 0.5) is 4.79 Å². The fourth-order valence-electron chi connectivity index (χ4n) is 4.51.